The van der Waals surface area contributed by atoms with Crippen LogP contribution in [0.2, 0.25) is 0 Å². The maximum Gasteiger partial charge on any atom is 0.318 e. The Balaban J connectivity index is 1.24. The third-order valence-corrected chi connectivity index (χ3v) is 7.64. The Morgan fingerprint density at radius 1 is 0.974 bits per heavy atom. The van der Waals surface area contributed by atoms with E-state index < -0.39 is 0 Å². The maximum atomic E-state index is 13.4. The van der Waals surface area contributed by atoms with E-state index in [-0.39, 0.29) is 12.1 Å². The number of fused-ring (bicyclic) bond motifs is 1. The maximum absolute atomic E-state index is 13.4. The molecule has 1 aromatic heterocycles. The Morgan fingerprint density at radius 3 is 2.38 bits per heavy atom. The van der Waals surface area contributed by atoms with Crippen LogP contribution in [0.3, 0.4) is 0 Å². The third-order valence-electron chi connectivity index (χ3n) is 7.64. The Morgan fingerprint density at radius 2 is 1.69 bits per heavy atom. The number of rotatable bonds is 9. The quantitative estimate of drug-likeness (QED) is 0.324. The lowest BCUT2D eigenvalue weighted by molar-refractivity contribution is 0.190. The van der Waals surface area contributed by atoms with Crippen molar-refractivity contribution in [3.8, 4) is 11.4 Å². The monoisotopic (exact) mass is 521 g/mol. The van der Waals surface area contributed by atoms with E-state index >= 15 is 0 Å². The number of nitrogens with zero attached hydrogens (tertiary/aromatic N) is 4. The van der Waals surface area contributed by atoms with E-state index in [0.29, 0.717) is 13.1 Å². The van der Waals surface area contributed by atoms with E-state index in [1.165, 1.54) is 16.8 Å². The highest BCUT2D eigenvalue weighted by Crippen LogP contribution is 2.32. The fourth-order valence-corrected chi connectivity index (χ4v) is 5.37. The fraction of sp³-hybridized carbons (Fsp3) is 0.312. The lowest BCUT2D eigenvalue weighted by Crippen LogP contribution is -2.41. The summed E-state index contributed by atoms with van der Waals surface area (Å²) in [5.41, 5.74) is 6.92. The molecular weight excluding hydrogens is 486 g/mol. The highest BCUT2D eigenvalue weighted by molar-refractivity contribution is 5.75. The van der Waals surface area contributed by atoms with Crippen molar-refractivity contribution in [1.82, 2.24) is 24.9 Å². The van der Waals surface area contributed by atoms with Gasteiger partial charge < -0.3 is 15.0 Å². The molecule has 7 nitrogen and oxygen atoms in total. The number of ether oxygens (including phenoxy) is 1. The summed E-state index contributed by atoms with van der Waals surface area (Å²) in [6, 6.07) is 29.0. The van der Waals surface area contributed by atoms with Crippen molar-refractivity contribution >= 4 is 6.03 Å². The van der Waals surface area contributed by atoms with E-state index in [1.54, 1.807) is 7.11 Å². The highest BCUT2D eigenvalue weighted by atomic mass is 16.5. The first kappa shape index (κ1) is 25.2. The van der Waals surface area contributed by atoms with Crippen molar-refractivity contribution in [3.05, 3.63) is 113 Å². The summed E-state index contributed by atoms with van der Waals surface area (Å²) in [6.45, 7) is 3.68. The first-order valence-corrected chi connectivity index (χ1v) is 13.8. The number of carbonyl (C=O) groups is 1. The largest absolute Gasteiger partial charge is 0.497 e. The van der Waals surface area contributed by atoms with Crippen molar-refractivity contribution in [2.75, 3.05) is 13.7 Å². The van der Waals surface area contributed by atoms with Crippen LogP contribution in [0.5, 0.6) is 5.75 Å². The average molecular weight is 522 g/mol. The number of carbonyl (C=O) groups excluding carboxylic acids is 1. The van der Waals surface area contributed by atoms with Crippen LogP contribution in [0, 0.1) is 0 Å². The molecule has 39 heavy (non-hydrogen) atoms. The Labute approximate surface area is 230 Å². The van der Waals surface area contributed by atoms with Gasteiger partial charge in [-0.2, -0.15) is 5.10 Å². The molecule has 6 rings (SSSR count). The Kier molecular flexibility index (Phi) is 7.32. The van der Waals surface area contributed by atoms with Gasteiger partial charge in [0.1, 0.15) is 5.75 Å². The zero-order valence-corrected chi connectivity index (χ0v) is 22.4. The molecule has 1 aliphatic heterocycles. The van der Waals surface area contributed by atoms with Crippen molar-refractivity contribution in [2.24, 2.45) is 0 Å². The number of methoxy groups -OCH3 is 1. The van der Waals surface area contributed by atoms with E-state index in [0.717, 1.165) is 61.6 Å². The van der Waals surface area contributed by atoms with Crippen LogP contribution in [0.15, 0.2) is 84.9 Å². The zero-order valence-electron chi connectivity index (χ0n) is 22.4. The third kappa shape index (κ3) is 5.83. The standard InChI is InChI=1S/C32H35N5O2/c1-39-28-16-12-25(13-17-28)21-35-19-18-31-29(22-35)30(34-37(31)27-10-6-3-7-11-27)23-36(26-14-15-26)32(38)33-20-24-8-4-2-5-9-24/h2-13,16-17,26H,14-15,18-23H2,1H3,(H,33,38). The molecule has 0 saturated heterocycles. The first-order valence-electron chi connectivity index (χ1n) is 13.8. The van der Waals surface area contributed by atoms with Crippen molar-refractivity contribution in [3.63, 3.8) is 0 Å². The molecule has 1 fully saturated rings. The summed E-state index contributed by atoms with van der Waals surface area (Å²) in [6.07, 6.45) is 3.00. The minimum Gasteiger partial charge on any atom is -0.497 e. The van der Waals surface area contributed by atoms with Crippen LogP contribution < -0.4 is 10.1 Å². The fourth-order valence-electron chi connectivity index (χ4n) is 5.37. The van der Waals surface area contributed by atoms with Crippen LogP contribution in [-0.2, 0) is 32.6 Å². The van der Waals surface area contributed by atoms with Gasteiger partial charge in [0.25, 0.3) is 0 Å². The van der Waals surface area contributed by atoms with Gasteiger partial charge in [-0.25, -0.2) is 9.48 Å². The molecular formula is C32H35N5O2. The summed E-state index contributed by atoms with van der Waals surface area (Å²) in [4.78, 5) is 17.8. The molecule has 1 aliphatic carbocycles. The highest BCUT2D eigenvalue weighted by Gasteiger charge is 2.35. The van der Waals surface area contributed by atoms with Gasteiger partial charge in [-0.1, -0.05) is 60.7 Å². The van der Waals surface area contributed by atoms with Crippen LogP contribution in [0.1, 0.15) is 40.9 Å². The molecule has 3 aromatic carbocycles. The van der Waals surface area contributed by atoms with Crippen LogP contribution in [0.4, 0.5) is 4.79 Å². The van der Waals surface area contributed by atoms with Crippen molar-refractivity contribution in [1.29, 1.82) is 0 Å². The van der Waals surface area contributed by atoms with E-state index in [9.17, 15) is 4.79 Å². The molecule has 200 valence electrons. The summed E-state index contributed by atoms with van der Waals surface area (Å²) in [5, 5.41) is 8.27. The van der Waals surface area contributed by atoms with Crippen LogP contribution >= 0.6 is 0 Å². The number of hydrogen-bond acceptors (Lipinski definition) is 4. The predicted octanol–water partition coefficient (Wildman–Crippen LogP) is 5.31. The second kappa shape index (κ2) is 11.3. The number of benzene rings is 3. The molecule has 0 bridgehead atoms. The lowest BCUT2D eigenvalue weighted by Gasteiger charge is -2.29. The number of para-hydroxylation sites is 1. The Bertz CT molecular complexity index is 1400. The summed E-state index contributed by atoms with van der Waals surface area (Å²) >= 11 is 0. The van der Waals surface area contributed by atoms with E-state index in [2.05, 4.69) is 51.3 Å². The molecule has 4 aromatic rings. The van der Waals surface area contributed by atoms with Crippen LogP contribution in [0.25, 0.3) is 5.69 Å². The molecule has 2 aliphatic rings. The number of hydrogen-bond donors (Lipinski definition) is 1. The Hall–Kier alpha value is -4.10. The van der Waals surface area contributed by atoms with Gasteiger partial charge in [-0.3, -0.25) is 4.90 Å². The summed E-state index contributed by atoms with van der Waals surface area (Å²) in [5.74, 6) is 0.872. The van der Waals surface area contributed by atoms with Gasteiger partial charge in [-0.05, 0) is 48.2 Å². The molecule has 0 unspecified atom stereocenters. The molecule has 1 N–H and O–H groups in total. The van der Waals surface area contributed by atoms with Crippen molar-refractivity contribution < 1.29 is 9.53 Å². The SMILES string of the molecule is COc1ccc(CN2CCc3c(c(CN(C(=O)NCc4ccccc4)C4CC4)nn3-c3ccccc3)C2)cc1. The molecule has 7 heteroatoms. The van der Waals surface area contributed by atoms with Gasteiger partial charge in [0.2, 0.25) is 0 Å². The predicted molar refractivity (Wildman–Crippen MR) is 152 cm³/mol. The topological polar surface area (TPSA) is 62.6 Å². The molecule has 0 spiro atoms. The number of nitrogens with one attached hydrogen (secondary N) is 1. The molecule has 2 amide bonds. The minimum absolute atomic E-state index is 0.0183. The minimum atomic E-state index is -0.0183. The van der Waals surface area contributed by atoms with Gasteiger partial charge in [0.15, 0.2) is 0 Å². The van der Waals surface area contributed by atoms with E-state index in [1.807, 2.05) is 53.4 Å². The molecule has 1 saturated carbocycles. The van der Waals surface area contributed by atoms with Crippen molar-refractivity contribution in [2.45, 2.75) is 51.5 Å². The normalized spacial score (nSPS) is 15.0. The number of urea groups is 1. The van der Waals surface area contributed by atoms with E-state index in [4.69, 9.17) is 9.84 Å². The smallest absolute Gasteiger partial charge is 0.318 e. The number of amides is 2. The molecule has 0 radical (unpaired) electrons. The zero-order chi connectivity index (χ0) is 26.6. The second-order valence-corrected chi connectivity index (χ2v) is 10.4. The first-order chi connectivity index (χ1) is 19.2. The molecule has 2 heterocycles. The number of aromatic nitrogens is 2. The lowest BCUT2D eigenvalue weighted by atomic mass is 10.0. The van der Waals surface area contributed by atoms with Gasteiger partial charge in [0.05, 0.1) is 30.7 Å². The molecule has 0 atom stereocenters. The van der Waals surface area contributed by atoms with Gasteiger partial charge in [-0.15, -0.1) is 0 Å². The van der Waals surface area contributed by atoms with Gasteiger partial charge >= 0.3 is 6.03 Å². The summed E-state index contributed by atoms with van der Waals surface area (Å²) in [7, 11) is 1.69. The summed E-state index contributed by atoms with van der Waals surface area (Å²) < 4.78 is 7.43. The second-order valence-electron chi connectivity index (χ2n) is 10.4. The van der Waals surface area contributed by atoms with Gasteiger partial charge in [0, 0.05) is 44.2 Å². The van der Waals surface area contributed by atoms with Crippen LogP contribution in [-0.4, -0.2) is 45.3 Å². The average Bonchev–Trinajstić information content (AvgIpc) is 3.77.